The van der Waals surface area contributed by atoms with Crippen LogP contribution < -0.4 is 10.6 Å². The fraction of sp³-hybridized carbons (Fsp3) is 0.222. The lowest BCUT2D eigenvalue weighted by atomic mass is 10.2. The number of aromatic nitrogens is 3. The summed E-state index contributed by atoms with van der Waals surface area (Å²) in [4.78, 5) is 28.5. The summed E-state index contributed by atoms with van der Waals surface area (Å²) < 4.78 is 6.58. The Morgan fingerprint density at radius 1 is 1.23 bits per heavy atom. The zero-order valence-corrected chi connectivity index (χ0v) is 14.7. The van der Waals surface area contributed by atoms with Gasteiger partial charge in [-0.15, -0.1) is 0 Å². The second-order valence-corrected chi connectivity index (χ2v) is 5.94. The van der Waals surface area contributed by atoms with E-state index in [1.165, 1.54) is 18.6 Å². The number of hydrogen-bond donors (Lipinski definition) is 2. The molecule has 134 valence electrons. The largest absolute Gasteiger partial charge is 0.472 e. The molecule has 3 aromatic heterocycles. The fourth-order valence-corrected chi connectivity index (χ4v) is 2.44. The molecule has 8 nitrogen and oxygen atoms in total. The number of hydrogen-bond acceptors (Lipinski definition) is 5. The minimum atomic E-state index is -0.715. The van der Waals surface area contributed by atoms with Gasteiger partial charge in [0.05, 0.1) is 29.4 Å². The predicted molar refractivity (Wildman–Crippen MR) is 95.1 cm³/mol. The number of aryl methyl sites for hydroxylation is 2. The van der Waals surface area contributed by atoms with Crippen molar-refractivity contribution in [3.8, 4) is 5.82 Å². The fourth-order valence-electron chi connectivity index (χ4n) is 2.44. The van der Waals surface area contributed by atoms with E-state index in [1.807, 2.05) is 19.9 Å². The van der Waals surface area contributed by atoms with Crippen LogP contribution in [0.4, 0.5) is 5.69 Å². The van der Waals surface area contributed by atoms with Crippen LogP contribution in [-0.2, 0) is 4.79 Å². The van der Waals surface area contributed by atoms with Crippen molar-refractivity contribution in [1.82, 2.24) is 20.1 Å². The summed E-state index contributed by atoms with van der Waals surface area (Å²) in [6, 6.07) is 6.28. The maximum atomic E-state index is 12.2. The molecule has 0 saturated carbocycles. The minimum absolute atomic E-state index is 0.345. The molecule has 0 aromatic carbocycles. The SMILES string of the molecule is Cc1cc(C)n(-c2ccc(NC(=O)[C@H](C)NC(=O)c3ccoc3)cn2)n1. The van der Waals surface area contributed by atoms with Gasteiger partial charge >= 0.3 is 0 Å². The van der Waals surface area contributed by atoms with Crippen molar-refractivity contribution >= 4 is 17.5 Å². The van der Waals surface area contributed by atoms with Gasteiger partial charge in [0.2, 0.25) is 5.91 Å². The zero-order valence-electron chi connectivity index (χ0n) is 14.7. The first-order valence-corrected chi connectivity index (χ1v) is 8.07. The third-order valence-electron chi connectivity index (χ3n) is 3.77. The van der Waals surface area contributed by atoms with E-state index in [1.54, 1.807) is 29.9 Å². The average molecular weight is 353 g/mol. The molecule has 2 amide bonds. The lowest BCUT2D eigenvalue weighted by Crippen LogP contribution is -2.41. The van der Waals surface area contributed by atoms with Crippen molar-refractivity contribution in [3.63, 3.8) is 0 Å². The Hall–Kier alpha value is -3.42. The second kappa shape index (κ2) is 7.22. The number of pyridine rings is 1. The van der Waals surface area contributed by atoms with Gasteiger partial charge in [-0.05, 0) is 45.0 Å². The highest BCUT2D eigenvalue weighted by molar-refractivity contribution is 6.00. The number of anilines is 1. The molecular formula is C18H19N5O3. The van der Waals surface area contributed by atoms with E-state index in [0.29, 0.717) is 17.1 Å². The number of furan rings is 1. The third-order valence-corrected chi connectivity index (χ3v) is 3.77. The number of carbonyl (C=O) groups is 2. The van der Waals surface area contributed by atoms with E-state index >= 15 is 0 Å². The first kappa shape index (κ1) is 17.4. The molecule has 0 aliphatic heterocycles. The van der Waals surface area contributed by atoms with Gasteiger partial charge in [0, 0.05) is 5.69 Å². The lowest BCUT2D eigenvalue weighted by Gasteiger charge is -2.13. The molecule has 0 aliphatic rings. The van der Waals surface area contributed by atoms with E-state index < -0.39 is 6.04 Å². The number of nitrogens with one attached hydrogen (secondary N) is 2. The Labute approximate surface area is 150 Å². The van der Waals surface area contributed by atoms with Gasteiger partial charge in [-0.25, -0.2) is 9.67 Å². The van der Waals surface area contributed by atoms with E-state index in [9.17, 15) is 9.59 Å². The normalized spacial score (nSPS) is 11.8. The molecule has 3 heterocycles. The van der Waals surface area contributed by atoms with Gasteiger partial charge in [-0.3, -0.25) is 9.59 Å². The molecule has 0 fully saturated rings. The summed E-state index contributed by atoms with van der Waals surface area (Å²) in [6.45, 7) is 5.46. The second-order valence-electron chi connectivity index (χ2n) is 5.94. The van der Waals surface area contributed by atoms with Crippen LogP contribution in [0, 0.1) is 13.8 Å². The van der Waals surface area contributed by atoms with Gasteiger partial charge in [-0.2, -0.15) is 5.10 Å². The van der Waals surface area contributed by atoms with Gasteiger partial charge < -0.3 is 15.1 Å². The predicted octanol–water partition coefficient (Wildman–Crippen LogP) is 2.23. The summed E-state index contributed by atoms with van der Waals surface area (Å²) in [5.41, 5.74) is 2.77. The average Bonchev–Trinajstić information content (AvgIpc) is 3.25. The lowest BCUT2D eigenvalue weighted by molar-refractivity contribution is -0.117. The van der Waals surface area contributed by atoms with Crippen LogP contribution in [0.15, 0.2) is 47.4 Å². The van der Waals surface area contributed by atoms with E-state index in [0.717, 1.165) is 11.4 Å². The maximum Gasteiger partial charge on any atom is 0.255 e. The molecule has 0 radical (unpaired) electrons. The Morgan fingerprint density at radius 3 is 2.62 bits per heavy atom. The Balaban J connectivity index is 1.62. The summed E-state index contributed by atoms with van der Waals surface area (Å²) >= 11 is 0. The molecule has 0 saturated heterocycles. The van der Waals surface area contributed by atoms with Gasteiger partial charge in [0.1, 0.15) is 12.3 Å². The summed E-state index contributed by atoms with van der Waals surface area (Å²) in [7, 11) is 0. The number of rotatable bonds is 5. The van der Waals surface area contributed by atoms with Crippen molar-refractivity contribution in [1.29, 1.82) is 0 Å². The minimum Gasteiger partial charge on any atom is -0.472 e. The molecular weight excluding hydrogens is 334 g/mol. The highest BCUT2D eigenvalue weighted by atomic mass is 16.3. The van der Waals surface area contributed by atoms with Gasteiger partial charge in [0.15, 0.2) is 5.82 Å². The van der Waals surface area contributed by atoms with E-state index in [2.05, 4.69) is 20.7 Å². The molecule has 2 N–H and O–H groups in total. The van der Waals surface area contributed by atoms with Crippen LogP contribution in [0.1, 0.15) is 28.7 Å². The van der Waals surface area contributed by atoms with Gasteiger partial charge in [0.25, 0.3) is 5.91 Å². The molecule has 0 aliphatic carbocycles. The molecule has 8 heteroatoms. The van der Waals surface area contributed by atoms with Crippen molar-refractivity contribution in [3.05, 3.63) is 59.9 Å². The molecule has 3 rings (SSSR count). The van der Waals surface area contributed by atoms with Crippen LogP contribution >= 0.6 is 0 Å². The Bertz CT molecular complexity index is 913. The molecule has 0 unspecified atom stereocenters. The van der Waals surface area contributed by atoms with Gasteiger partial charge in [-0.1, -0.05) is 0 Å². The molecule has 26 heavy (non-hydrogen) atoms. The van der Waals surface area contributed by atoms with Crippen LogP contribution in [-0.4, -0.2) is 32.6 Å². The van der Waals surface area contributed by atoms with E-state index in [-0.39, 0.29) is 11.8 Å². The molecule has 1 atom stereocenters. The zero-order chi connectivity index (χ0) is 18.7. The highest BCUT2D eigenvalue weighted by Crippen LogP contribution is 2.13. The van der Waals surface area contributed by atoms with Crippen molar-refractivity contribution in [2.24, 2.45) is 0 Å². The van der Waals surface area contributed by atoms with Crippen molar-refractivity contribution in [2.45, 2.75) is 26.8 Å². The summed E-state index contributed by atoms with van der Waals surface area (Å²) in [5.74, 6) is -0.0585. The topological polar surface area (TPSA) is 102 Å². The Kier molecular flexibility index (Phi) is 4.83. The number of nitrogens with zero attached hydrogens (tertiary/aromatic N) is 3. The Morgan fingerprint density at radius 2 is 2.04 bits per heavy atom. The maximum absolute atomic E-state index is 12.2. The number of amides is 2. The standard InChI is InChI=1S/C18H19N5O3/c1-11-8-12(2)23(22-11)16-5-4-15(9-19-16)21-17(24)13(3)20-18(25)14-6-7-26-10-14/h4-10,13H,1-3H3,(H,20,25)(H,21,24)/t13-/m0/s1. The summed E-state index contributed by atoms with van der Waals surface area (Å²) in [6.07, 6.45) is 4.27. The first-order valence-electron chi connectivity index (χ1n) is 8.07. The van der Waals surface area contributed by atoms with Crippen LogP contribution in [0.3, 0.4) is 0 Å². The van der Waals surface area contributed by atoms with Crippen LogP contribution in [0.2, 0.25) is 0 Å². The molecule has 0 spiro atoms. The smallest absolute Gasteiger partial charge is 0.255 e. The third kappa shape index (κ3) is 3.80. The summed E-state index contributed by atoms with van der Waals surface area (Å²) in [5, 5.41) is 9.69. The monoisotopic (exact) mass is 353 g/mol. The van der Waals surface area contributed by atoms with Crippen LogP contribution in [0.5, 0.6) is 0 Å². The van der Waals surface area contributed by atoms with E-state index in [4.69, 9.17) is 4.42 Å². The number of carbonyl (C=O) groups excluding carboxylic acids is 2. The highest BCUT2D eigenvalue weighted by Gasteiger charge is 2.17. The van der Waals surface area contributed by atoms with Crippen LogP contribution in [0.25, 0.3) is 5.82 Å². The quantitative estimate of drug-likeness (QED) is 0.732. The molecule has 0 bridgehead atoms. The van der Waals surface area contributed by atoms with Crippen molar-refractivity contribution < 1.29 is 14.0 Å². The molecule has 3 aromatic rings. The first-order chi connectivity index (χ1) is 12.4. The van der Waals surface area contributed by atoms with Crippen molar-refractivity contribution in [2.75, 3.05) is 5.32 Å².